The van der Waals surface area contributed by atoms with Crippen molar-refractivity contribution in [2.24, 2.45) is 0 Å². The quantitative estimate of drug-likeness (QED) is 0.581. The van der Waals surface area contributed by atoms with Crippen LogP contribution in [0, 0.1) is 24.1 Å². The molecule has 0 saturated carbocycles. The van der Waals surface area contributed by atoms with Gasteiger partial charge in [0, 0.05) is 5.46 Å². The van der Waals surface area contributed by atoms with Gasteiger partial charge in [0.25, 0.3) is 0 Å². The lowest BCUT2D eigenvalue weighted by atomic mass is 9.76. The summed E-state index contributed by atoms with van der Waals surface area (Å²) in [5, 5.41) is 26.2. The Bertz CT molecular complexity index is 373. The summed E-state index contributed by atoms with van der Waals surface area (Å²) in [6.07, 6.45) is 0. The number of hydrogen-bond donors (Lipinski definition) is 2. The zero-order chi connectivity index (χ0) is 10.0. The molecule has 3 nitrogen and oxygen atoms in total. The van der Waals surface area contributed by atoms with Gasteiger partial charge in [-0.15, -0.1) is 0 Å². The van der Waals surface area contributed by atoms with Gasteiger partial charge in [0.05, 0.1) is 11.6 Å². The Hall–Kier alpha value is -1.38. The number of rotatable bonds is 1. The van der Waals surface area contributed by atoms with Gasteiger partial charge >= 0.3 is 7.12 Å². The first-order valence-corrected chi connectivity index (χ1v) is 3.62. The fourth-order valence-corrected chi connectivity index (χ4v) is 1.01. The molecule has 66 valence electrons. The highest BCUT2D eigenvalue weighted by molar-refractivity contribution is 6.59. The Morgan fingerprint density at radius 1 is 1.46 bits per heavy atom. The van der Waals surface area contributed by atoms with Gasteiger partial charge in [-0.25, -0.2) is 4.39 Å². The number of nitrogens with zero attached hydrogens (tertiary/aromatic N) is 1. The molecule has 5 heteroatoms. The largest absolute Gasteiger partial charge is 0.489 e. The SMILES string of the molecule is Cc1cc(C#N)c(B(O)O)cc1F. The van der Waals surface area contributed by atoms with Crippen molar-refractivity contribution >= 4 is 12.6 Å². The van der Waals surface area contributed by atoms with Crippen molar-refractivity contribution in [3.63, 3.8) is 0 Å². The van der Waals surface area contributed by atoms with Gasteiger partial charge < -0.3 is 10.0 Å². The smallest absolute Gasteiger partial charge is 0.423 e. The van der Waals surface area contributed by atoms with Crippen LogP contribution in [0.2, 0.25) is 0 Å². The molecular formula is C8H7BFNO2. The summed E-state index contributed by atoms with van der Waals surface area (Å²) in [5.74, 6) is -0.554. The van der Waals surface area contributed by atoms with E-state index in [1.165, 1.54) is 13.0 Å². The lowest BCUT2D eigenvalue weighted by Gasteiger charge is -2.04. The first-order valence-electron chi connectivity index (χ1n) is 3.62. The predicted octanol–water partition coefficient (Wildman–Crippen LogP) is -0.314. The van der Waals surface area contributed by atoms with Gasteiger partial charge in [0.1, 0.15) is 5.82 Å². The minimum Gasteiger partial charge on any atom is -0.423 e. The van der Waals surface area contributed by atoms with Crippen LogP contribution in [0.4, 0.5) is 4.39 Å². The van der Waals surface area contributed by atoms with Gasteiger partial charge in [0.2, 0.25) is 0 Å². The zero-order valence-electron chi connectivity index (χ0n) is 6.95. The number of benzene rings is 1. The molecule has 0 radical (unpaired) electrons. The van der Waals surface area contributed by atoms with Crippen LogP contribution in [-0.4, -0.2) is 17.2 Å². The third-order valence-corrected chi connectivity index (χ3v) is 1.73. The molecule has 1 aromatic rings. The van der Waals surface area contributed by atoms with Crippen LogP contribution in [0.25, 0.3) is 0 Å². The third kappa shape index (κ3) is 1.86. The van der Waals surface area contributed by atoms with E-state index in [4.69, 9.17) is 15.3 Å². The first-order chi connectivity index (χ1) is 6.06. The molecule has 1 rings (SSSR count). The number of aryl methyl sites for hydroxylation is 1. The zero-order valence-corrected chi connectivity index (χ0v) is 6.95. The fourth-order valence-electron chi connectivity index (χ4n) is 1.01. The Morgan fingerprint density at radius 2 is 2.08 bits per heavy atom. The molecule has 0 saturated heterocycles. The molecule has 0 aliphatic carbocycles. The molecule has 13 heavy (non-hydrogen) atoms. The van der Waals surface area contributed by atoms with Crippen LogP contribution in [0.1, 0.15) is 11.1 Å². The van der Waals surface area contributed by atoms with Crippen LogP contribution in [0.15, 0.2) is 12.1 Å². The lowest BCUT2D eigenvalue weighted by Crippen LogP contribution is -2.32. The topological polar surface area (TPSA) is 64.2 Å². The van der Waals surface area contributed by atoms with Crippen molar-refractivity contribution in [2.75, 3.05) is 0 Å². The summed E-state index contributed by atoms with van der Waals surface area (Å²) >= 11 is 0. The Kier molecular flexibility index (Phi) is 2.66. The number of halogens is 1. The van der Waals surface area contributed by atoms with Crippen LogP contribution < -0.4 is 5.46 Å². The molecular weight excluding hydrogens is 172 g/mol. The Balaban J connectivity index is 3.35. The lowest BCUT2D eigenvalue weighted by molar-refractivity contribution is 0.425. The van der Waals surface area contributed by atoms with Crippen LogP contribution in [0.3, 0.4) is 0 Å². The number of nitriles is 1. The van der Waals surface area contributed by atoms with Crippen LogP contribution in [0.5, 0.6) is 0 Å². The molecule has 0 atom stereocenters. The summed E-state index contributed by atoms with van der Waals surface area (Å²) in [6.45, 7) is 1.50. The molecule has 0 heterocycles. The standard InChI is InChI=1S/C8H7BFNO2/c1-5-2-6(4-11)7(9(12)13)3-8(5)10/h2-3,12-13H,1H3. The van der Waals surface area contributed by atoms with E-state index in [1.54, 1.807) is 6.07 Å². The summed E-state index contributed by atoms with van der Waals surface area (Å²) in [5.41, 5.74) is 0.278. The average Bonchev–Trinajstić information content (AvgIpc) is 2.08. The highest BCUT2D eigenvalue weighted by Crippen LogP contribution is 2.06. The van der Waals surface area contributed by atoms with Gasteiger partial charge in [-0.3, -0.25) is 0 Å². The van der Waals surface area contributed by atoms with Gasteiger partial charge in [0.15, 0.2) is 0 Å². The molecule has 0 bridgehead atoms. The minimum absolute atomic E-state index is 0.0777. The second-order valence-electron chi connectivity index (χ2n) is 2.67. The van der Waals surface area contributed by atoms with Crippen LogP contribution >= 0.6 is 0 Å². The van der Waals surface area contributed by atoms with E-state index in [1.807, 2.05) is 0 Å². The third-order valence-electron chi connectivity index (χ3n) is 1.73. The maximum Gasteiger partial charge on any atom is 0.489 e. The van der Waals surface area contributed by atoms with E-state index in [9.17, 15) is 4.39 Å². The maximum atomic E-state index is 12.9. The fraction of sp³-hybridized carbons (Fsp3) is 0.125. The van der Waals surface area contributed by atoms with E-state index < -0.39 is 12.9 Å². The molecule has 0 unspecified atom stereocenters. The van der Waals surface area contributed by atoms with Crippen molar-refractivity contribution in [2.45, 2.75) is 6.92 Å². The molecule has 0 aromatic heterocycles. The summed E-state index contributed by atoms with van der Waals surface area (Å²) in [4.78, 5) is 0. The van der Waals surface area contributed by atoms with E-state index in [0.29, 0.717) is 5.56 Å². The van der Waals surface area contributed by atoms with E-state index in [-0.39, 0.29) is 11.0 Å². The molecule has 0 aliphatic heterocycles. The van der Waals surface area contributed by atoms with Gasteiger partial charge in [-0.05, 0) is 24.6 Å². The van der Waals surface area contributed by atoms with Crippen molar-refractivity contribution in [3.8, 4) is 6.07 Å². The molecule has 0 amide bonds. The van der Waals surface area contributed by atoms with E-state index >= 15 is 0 Å². The monoisotopic (exact) mass is 179 g/mol. The minimum atomic E-state index is -1.82. The van der Waals surface area contributed by atoms with E-state index in [2.05, 4.69) is 0 Å². The second-order valence-corrected chi connectivity index (χ2v) is 2.67. The molecule has 0 aliphatic rings. The average molecular weight is 179 g/mol. The Labute approximate surface area is 75.2 Å². The van der Waals surface area contributed by atoms with Crippen molar-refractivity contribution in [1.82, 2.24) is 0 Å². The number of hydrogen-bond acceptors (Lipinski definition) is 3. The maximum absolute atomic E-state index is 12.9. The van der Waals surface area contributed by atoms with Crippen molar-refractivity contribution < 1.29 is 14.4 Å². The molecule has 0 spiro atoms. The molecule has 1 aromatic carbocycles. The normalized spacial score (nSPS) is 9.46. The first kappa shape index (κ1) is 9.71. The Morgan fingerprint density at radius 3 is 2.54 bits per heavy atom. The predicted molar refractivity (Wildman–Crippen MR) is 45.7 cm³/mol. The summed E-state index contributed by atoms with van der Waals surface area (Å²) < 4.78 is 12.9. The highest BCUT2D eigenvalue weighted by Gasteiger charge is 2.17. The highest BCUT2D eigenvalue weighted by atomic mass is 19.1. The van der Waals surface area contributed by atoms with Gasteiger partial charge in [-0.1, -0.05) is 0 Å². The summed E-state index contributed by atoms with van der Waals surface area (Å²) in [6, 6.07) is 4.00. The van der Waals surface area contributed by atoms with E-state index in [0.717, 1.165) is 6.07 Å². The second kappa shape index (κ2) is 3.56. The van der Waals surface area contributed by atoms with Gasteiger partial charge in [-0.2, -0.15) is 5.26 Å². The van der Waals surface area contributed by atoms with Crippen molar-refractivity contribution in [1.29, 1.82) is 5.26 Å². The van der Waals surface area contributed by atoms with Crippen molar-refractivity contribution in [3.05, 3.63) is 29.1 Å². The van der Waals surface area contributed by atoms with Crippen LogP contribution in [-0.2, 0) is 0 Å². The molecule has 2 N–H and O–H groups in total. The summed E-state index contributed by atoms with van der Waals surface area (Å²) in [7, 11) is -1.82. The molecule has 0 fully saturated rings.